The van der Waals surface area contributed by atoms with E-state index >= 15 is 0 Å². The topological polar surface area (TPSA) is 35.5 Å². The third kappa shape index (κ3) is 3.85. The smallest absolute Gasteiger partial charge is 0.204 e. The van der Waals surface area contributed by atoms with Gasteiger partial charge in [-0.05, 0) is 37.2 Å². The molecule has 1 heterocycles. The Bertz CT molecular complexity index is 550. The van der Waals surface area contributed by atoms with E-state index < -0.39 is 7.37 Å². The van der Waals surface area contributed by atoms with Gasteiger partial charge in [-0.15, -0.1) is 0 Å². The van der Waals surface area contributed by atoms with Gasteiger partial charge in [-0.3, -0.25) is 4.57 Å². The Hall–Kier alpha value is -0.565. The molecular weight excluding hydrogens is 294 g/mol. The molecule has 5 heteroatoms. The lowest BCUT2D eigenvalue weighted by atomic mass is 9.47. The number of hydrogen-bond acceptors (Lipinski definition) is 3. The summed E-state index contributed by atoms with van der Waals surface area (Å²) in [4.78, 5) is 0. The van der Waals surface area contributed by atoms with Gasteiger partial charge in [0.15, 0.2) is 7.28 Å². The lowest BCUT2D eigenvalue weighted by Crippen LogP contribution is -2.31. The standard InChI is InChI=1S/C17H27BO3P/c1-7-20-22(6,19)12-13-8-10-14(11-9-13)15-18-16(2,3)17(4,5)21-15/h8-11,15H,7,12H2,1-6H3. The van der Waals surface area contributed by atoms with Crippen molar-refractivity contribution in [3.63, 3.8) is 0 Å². The highest BCUT2D eigenvalue weighted by Gasteiger charge is 2.48. The largest absolute Gasteiger partial charge is 0.377 e. The van der Waals surface area contributed by atoms with Gasteiger partial charge in [0, 0.05) is 12.8 Å². The van der Waals surface area contributed by atoms with E-state index in [0.29, 0.717) is 12.8 Å². The molecule has 2 rings (SSSR count). The first kappa shape index (κ1) is 17.8. The van der Waals surface area contributed by atoms with E-state index in [1.807, 2.05) is 19.1 Å². The van der Waals surface area contributed by atoms with E-state index in [2.05, 4.69) is 47.1 Å². The number of rotatable bonds is 5. The Morgan fingerprint density at radius 2 is 1.82 bits per heavy atom. The molecule has 1 fully saturated rings. The quantitative estimate of drug-likeness (QED) is 0.575. The second-order valence-electron chi connectivity index (χ2n) is 7.27. The van der Waals surface area contributed by atoms with Gasteiger partial charge >= 0.3 is 0 Å². The molecule has 22 heavy (non-hydrogen) atoms. The number of ether oxygens (including phenoxy) is 1. The van der Waals surface area contributed by atoms with Gasteiger partial charge in [0.1, 0.15) is 0 Å². The van der Waals surface area contributed by atoms with Gasteiger partial charge in [0.05, 0.1) is 18.2 Å². The SMILES string of the molecule is CCOP(C)(=O)Cc1ccc(C2[B]C(C)(C)C(C)(C)O2)cc1. The van der Waals surface area contributed by atoms with Gasteiger partial charge in [0.2, 0.25) is 7.37 Å². The summed E-state index contributed by atoms with van der Waals surface area (Å²) in [5, 5.41) is 0.0322. The third-order valence-corrected chi connectivity index (χ3v) is 6.47. The zero-order valence-corrected chi connectivity index (χ0v) is 15.4. The molecule has 0 bridgehead atoms. The van der Waals surface area contributed by atoms with E-state index in [-0.39, 0.29) is 16.9 Å². The molecule has 3 nitrogen and oxygen atoms in total. The van der Waals surface area contributed by atoms with Crippen LogP contribution in [0.2, 0.25) is 5.31 Å². The molecule has 0 aliphatic carbocycles. The summed E-state index contributed by atoms with van der Waals surface area (Å²) in [5.74, 6) is 0. The summed E-state index contributed by atoms with van der Waals surface area (Å²) in [6.45, 7) is 12.7. The lowest BCUT2D eigenvalue weighted by Gasteiger charge is -2.33. The summed E-state index contributed by atoms with van der Waals surface area (Å²) >= 11 is 0. The minimum Gasteiger partial charge on any atom is -0.377 e. The van der Waals surface area contributed by atoms with Crippen LogP contribution in [0.4, 0.5) is 0 Å². The zero-order valence-electron chi connectivity index (χ0n) is 14.6. The van der Waals surface area contributed by atoms with Crippen molar-refractivity contribution >= 4 is 14.6 Å². The fraction of sp³-hybridized carbons (Fsp3) is 0.647. The van der Waals surface area contributed by atoms with Crippen molar-refractivity contribution in [2.75, 3.05) is 13.3 Å². The molecule has 2 unspecified atom stereocenters. The maximum atomic E-state index is 12.2. The van der Waals surface area contributed by atoms with E-state index in [1.165, 1.54) is 0 Å². The summed E-state index contributed by atoms with van der Waals surface area (Å²) in [6, 6.07) is 8.21. The van der Waals surface area contributed by atoms with Crippen molar-refractivity contribution in [2.24, 2.45) is 0 Å². The fourth-order valence-electron chi connectivity index (χ4n) is 2.71. The summed E-state index contributed by atoms with van der Waals surface area (Å²) in [6.07, 6.45) is 0.480. The molecule has 1 aromatic carbocycles. The van der Waals surface area contributed by atoms with Crippen LogP contribution in [0.25, 0.3) is 0 Å². The summed E-state index contributed by atoms with van der Waals surface area (Å²) in [7, 11) is -0.265. The maximum Gasteiger partial charge on any atom is 0.204 e. The molecular formula is C17H27BO3P. The molecule has 0 spiro atoms. The Kier molecular flexibility index (Phi) is 4.97. The van der Waals surface area contributed by atoms with Crippen molar-refractivity contribution < 1.29 is 13.8 Å². The molecule has 1 radical (unpaired) electrons. The molecule has 0 amide bonds. The Morgan fingerprint density at radius 1 is 1.23 bits per heavy atom. The molecule has 0 N–H and O–H groups in total. The first-order chi connectivity index (χ1) is 10.1. The van der Waals surface area contributed by atoms with Crippen LogP contribution in [0.5, 0.6) is 0 Å². The minimum atomic E-state index is -2.54. The Morgan fingerprint density at radius 3 is 2.27 bits per heavy atom. The van der Waals surface area contributed by atoms with Crippen LogP contribution in [0.1, 0.15) is 51.7 Å². The number of hydrogen-bond donors (Lipinski definition) is 0. The molecule has 121 valence electrons. The van der Waals surface area contributed by atoms with Crippen LogP contribution in [0, 0.1) is 0 Å². The highest BCUT2D eigenvalue weighted by atomic mass is 31.2. The molecule has 1 aromatic rings. The number of benzene rings is 1. The lowest BCUT2D eigenvalue weighted by molar-refractivity contribution is -0.0342. The first-order valence-electron chi connectivity index (χ1n) is 7.90. The Labute approximate surface area is 135 Å². The van der Waals surface area contributed by atoms with Gasteiger partial charge in [-0.25, -0.2) is 0 Å². The molecule has 0 saturated carbocycles. The molecule has 2 atom stereocenters. The van der Waals surface area contributed by atoms with E-state index in [4.69, 9.17) is 9.26 Å². The van der Waals surface area contributed by atoms with Crippen LogP contribution in [-0.4, -0.2) is 26.2 Å². The average molecular weight is 321 g/mol. The second kappa shape index (κ2) is 6.15. The van der Waals surface area contributed by atoms with Gasteiger partial charge < -0.3 is 9.26 Å². The van der Waals surface area contributed by atoms with Gasteiger partial charge in [0.25, 0.3) is 0 Å². The Balaban J connectivity index is 2.09. The highest BCUT2D eigenvalue weighted by Crippen LogP contribution is 2.51. The monoisotopic (exact) mass is 321 g/mol. The predicted molar refractivity (Wildman–Crippen MR) is 93.0 cm³/mol. The molecule has 1 saturated heterocycles. The van der Waals surface area contributed by atoms with Gasteiger partial charge in [-0.1, -0.05) is 38.1 Å². The zero-order chi connectivity index (χ0) is 16.6. The van der Waals surface area contributed by atoms with Crippen LogP contribution in [0.3, 0.4) is 0 Å². The molecule has 0 aromatic heterocycles. The van der Waals surface area contributed by atoms with Crippen molar-refractivity contribution in [1.29, 1.82) is 0 Å². The van der Waals surface area contributed by atoms with Crippen molar-refractivity contribution in [3.8, 4) is 0 Å². The third-order valence-electron chi connectivity index (χ3n) is 4.72. The average Bonchev–Trinajstić information content (AvgIpc) is 2.58. The van der Waals surface area contributed by atoms with E-state index in [9.17, 15) is 4.57 Å². The minimum absolute atomic E-state index is 0.0133. The molecule has 1 aliphatic heterocycles. The molecule has 1 aliphatic rings. The van der Waals surface area contributed by atoms with Crippen LogP contribution < -0.4 is 0 Å². The van der Waals surface area contributed by atoms with Crippen molar-refractivity contribution in [2.45, 2.75) is 57.7 Å². The van der Waals surface area contributed by atoms with Crippen molar-refractivity contribution in [1.82, 2.24) is 0 Å². The summed E-state index contributed by atoms with van der Waals surface area (Å²) in [5.41, 5.74) is 2.01. The van der Waals surface area contributed by atoms with Crippen LogP contribution in [0.15, 0.2) is 24.3 Å². The van der Waals surface area contributed by atoms with Crippen molar-refractivity contribution in [3.05, 3.63) is 35.4 Å². The normalized spacial score (nSPS) is 25.5. The van der Waals surface area contributed by atoms with Crippen LogP contribution in [-0.2, 0) is 20.0 Å². The highest BCUT2D eigenvalue weighted by molar-refractivity contribution is 7.57. The predicted octanol–water partition coefficient (Wildman–Crippen LogP) is 4.84. The van der Waals surface area contributed by atoms with Gasteiger partial charge in [-0.2, -0.15) is 0 Å². The summed E-state index contributed by atoms with van der Waals surface area (Å²) < 4.78 is 23.8. The maximum absolute atomic E-state index is 12.2. The van der Waals surface area contributed by atoms with E-state index in [0.717, 1.165) is 11.1 Å². The first-order valence-corrected chi connectivity index (χ1v) is 10.2. The van der Waals surface area contributed by atoms with E-state index in [1.54, 1.807) is 6.66 Å². The van der Waals surface area contributed by atoms with Crippen LogP contribution >= 0.6 is 7.37 Å². The fourth-order valence-corrected chi connectivity index (χ4v) is 4.22. The second-order valence-corrected chi connectivity index (χ2v) is 9.87.